The topological polar surface area (TPSA) is 216 Å². The van der Waals surface area contributed by atoms with Crippen molar-refractivity contribution in [1.82, 2.24) is 0 Å². The maximum Gasteiger partial charge on any atom is 1.00 e. The fourth-order valence-corrected chi connectivity index (χ4v) is 6.87. The normalized spacial score (nSPS) is 12.0. The SMILES string of the molecule is Nc1c(N=Nc2ccc(-c3ccc(N=Nc4cc(S(=O)(=O)[O-])c5ccccc5c4N)c(Cl)c3)cc2Cl)cc(S(=O)(=O)[O-])c2ccccc12.[Na+].[Na+]. The number of hydrogen-bond acceptors (Lipinski definition) is 12. The smallest absolute Gasteiger partial charge is 0.744 e. The quantitative estimate of drug-likeness (QED) is 0.106. The molecule has 0 radical (unpaired) electrons. The fraction of sp³-hybridized carbons (Fsp3) is 0. The molecule has 0 spiro atoms. The van der Waals surface area contributed by atoms with Crippen molar-refractivity contribution in [2.24, 2.45) is 20.5 Å². The first-order valence-electron chi connectivity index (χ1n) is 13.7. The standard InChI is InChI=1S/C32H22Cl2N6O6S2.2Na/c33-23-13-17(9-11-25(23)37-39-27-15-29(47(41,42)43)19-5-1-3-7-21(19)31(27)35)18-10-12-26(24(34)14-18)38-40-28-16-30(48(44,45)46)20-6-2-4-8-22(20)32(28)36;;/h1-16H,35-36H2,(H,41,42,43)(H,44,45,46);;/q;2*+1/p-2. The van der Waals surface area contributed by atoms with Crippen molar-refractivity contribution in [3.8, 4) is 11.1 Å². The molecule has 0 fully saturated rings. The molecule has 6 rings (SSSR count). The molecule has 0 amide bonds. The van der Waals surface area contributed by atoms with E-state index in [1.165, 1.54) is 12.1 Å². The molecule has 242 valence electrons. The summed E-state index contributed by atoms with van der Waals surface area (Å²) in [5.41, 5.74) is 14.5. The Balaban J connectivity index is 0.00000281. The van der Waals surface area contributed by atoms with Crippen molar-refractivity contribution < 1.29 is 85.1 Å². The minimum Gasteiger partial charge on any atom is -0.744 e. The van der Waals surface area contributed by atoms with Crippen molar-refractivity contribution in [1.29, 1.82) is 0 Å². The molecule has 0 heterocycles. The van der Waals surface area contributed by atoms with Crippen LogP contribution in [0.1, 0.15) is 0 Å². The van der Waals surface area contributed by atoms with Crippen molar-refractivity contribution in [3.05, 3.63) is 107 Å². The van der Waals surface area contributed by atoms with Crippen LogP contribution in [0.25, 0.3) is 32.7 Å². The molecule has 0 aliphatic rings. The third-order valence-electron chi connectivity index (χ3n) is 7.35. The van der Waals surface area contributed by atoms with Gasteiger partial charge in [0.15, 0.2) is 0 Å². The van der Waals surface area contributed by atoms with E-state index in [9.17, 15) is 25.9 Å². The van der Waals surface area contributed by atoms with Gasteiger partial charge in [-0.05, 0) is 47.5 Å². The van der Waals surface area contributed by atoms with Crippen LogP contribution >= 0.6 is 23.2 Å². The zero-order valence-corrected chi connectivity index (χ0v) is 33.3. The Labute approximate surface area is 340 Å². The molecule has 0 aliphatic carbocycles. The van der Waals surface area contributed by atoms with E-state index < -0.39 is 30.0 Å². The summed E-state index contributed by atoms with van der Waals surface area (Å²) in [5, 5.41) is 17.9. The van der Waals surface area contributed by atoms with Crippen molar-refractivity contribution in [2.75, 3.05) is 11.5 Å². The fourth-order valence-electron chi connectivity index (χ4n) is 5.03. The van der Waals surface area contributed by atoms with Crippen LogP contribution in [0.2, 0.25) is 10.0 Å². The largest absolute Gasteiger partial charge is 1.00 e. The predicted octanol–water partition coefficient (Wildman–Crippen LogP) is 2.78. The number of fused-ring (bicyclic) bond motifs is 2. The van der Waals surface area contributed by atoms with Crippen LogP contribution < -0.4 is 70.6 Å². The van der Waals surface area contributed by atoms with Crippen LogP contribution in [-0.4, -0.2) is 25.9 Å². The minimum atomic E-state index is -4.83. The van der Waals surface area contributed by atoms with Gasteiger partial charge in [0.25, 0.3) is 0 Å². The predicted molar refractivity (Wildman–Crippen MR) is 183 cm³/mol. The van der Waals surface area contributed by atoms with Gasteiger partial charge in [0, 0.05) is 21.5 Å². The van der Waals surface area contributed by atoms with E-state index in [0.717, 1.165) is 12.1 Å². The van der Waals surface area contributed by atoms with Gasteiger partial charge in [0.1, 0.15) is 43.0 Å². The minimum absolute atomic E-state index is 0. The van der Waals surface area contributed by atoms with Gasteiger partial charge in [-0.3, -0.25) is 0 Å². The summed E-state index contributed by atoms with van der Waals surface area (Å²) in [5.74, 6) is 0. The van der Waals surface area contributed by atoms with Gasteiger partial charge in [-0.15, -0.1) is 20.5 Å². The molecule has 6 aromatic rings. The van der Waals surface area contributed by atoms with E-state index in [1.807, 2.05) is 0 Å². The van der Waals surface area contributed by atoms with E-state index in [4.69, 9.17) is 34.7 Å². The van der Waals surface area contributed by atoms with Gasteiger partial charge in [0.2, 0.25) is 0 Å². The number of rotatable bonds is 7. The number of halogens is 2. The zero-order chi connectivity index (χ0) is 34.4. The average Bonchev–Trinajstić information content (AvgIpc) is 3.04. The monoisotopic (exact) mass is 764 g/mol. The first-order valence-corrected chi connectivity index (χ1v) is 17.3. The molecule has 12 nitrogen and oxygen atoms in total. The van der Waals surface area contributed by atoms with E-state index in [2.05, 4.69) is 20.5 Å². The van der Waals surface area contributed by atoms with Crippen LogP contribution in [0.15, 0.2) is 127 Å². The summed E-state index contributed by atoms with van der Waals surface area (Å²) in [6, 6.07) is 24.5. The molecule has 0 saturated carbocycles. The molecule has 4 N–H and O–H groups in total. The molecule has 0 aromatic heterocycles. The maximum absolute atomic E-state index is 11.9. The van der Waals surface area contributed by atoms with Crippen molar-refractivity contribution >= 4 is 99.1 Å². The molecule has 18 heteroatoms. The number of anilines is 2. The molecular formula is C32H20Cl2N6Na2O6S2. The first-order chi connectivity index (χ1) is 22.7. The molecule has 0 saturated heterocycles. The van der Waals surface area contributed by atoms with Crippen LogP contribution in [0.5, 0.6) is 0 Å². The van der Waals surface area contributed by atoms with Crippen molar-refractivity contribution in [2.45, 2.75) is 9.79 Å². The van der Waals surface area contributed by atoms with E-state index in [0.29, 0.717) is 21.9 Å². The number of benzene rings is 6. The van der Waals surface area contributed by atoms with Crippen LogP contribution in [0, 0.1) is 0 Å². The zero-order valence-electron chi connectivity index (χ0n) is 26.2. The second-order valence-corrected chi connectivity index (χ2v) is 13.9. The molecule has 50 heavy (non-hydrogen) atoms. The second-order valence-electron chi connectivity index (χ2n) is 10.3. The number of nitrogens with two attached hydrogens (primary N) is 2. The summed E-state index contributed by atoms with van der Waals surface area (Å²) < 4.78 is 71.5. The number of azo groups is 2. The molecule has 6 aromatic carbocycles. The first kappa shape index (κ1) is 39.8. The van der Waals surface area contributed by atoms with Gasteiger partial charge >= 0.3 is 59.1 Å². The Morgan fingerprint density at radius 1 is 0.480 bits per heavy atom. The van der Waals surface area contributed by atoms with Gasteiger partial charge in [-0.1, -0.05) is 83.9 Å². The molecule has 0 unspecified atom stereocenters. The van der Waals surface area contributed by atoms with Crippen LogP contribution in [0.4, 0.5) is 34.1 Å². The summed E-state index contributed by atoms with van der Waals surface area (Å²) in [4.78, 5) is -0.938. The van der Waals surface area contributed by atoms with Crippen LogP contribution in [0.3, 0.4) is 0 Å². The van der Waals surface area contributed by atoms with E-state index >= 15 is 0 Å². The number of nitrogens with zero attached hydrogens (tertiary/aromatic N) is 4. The maximum atomic E-state index is 11.9. The van der Waals surface area contributed by atoms with E-state index in [-0.39, 0.29) is 114 Å². The molecule has 0 atom stereocenters. The van der Waals surface area contributed by atoms with Gasteiger partial charge < -0.3 is 20.6 Å². The Bertz CT molecular complexity index is 2410. The summed E-state index contributed by atoms with van der Waals surface area (Å²) in [6.07, 6.45) is 0. The van der Waals surface area contributed by atoms with Gasteiger partial charge in [0.05, 0.1) is 31.2 Å². The second kappa shape index (κ2) is 15.7. The molecular weight excluding hydrogens is 745 g/mol. The Morgan fingerprint density at radius 2 is 0.800 bits per heavy atom. The van der Waals surface area contributed by atoms with Crippen molar-refractivity contribution in [3.63, 3.8) is 0 Å². The molecule has 0 bridgehead atoms. The van der Waals surface area contributed by atoms with E-state index in [1.54, 1.807) is 72.8 Å². The summed E-state index contributed by atoms with van der Waals surface area (Å²) in [7, 11) is -9.67. The number of nitrogen functional groups attached to an aromatic ring is 2. The Kier molecular flexibility index (Phi) is 12.5. The number of hydrogen-bond donors (Lipinski definition) is 2. The van der Waals surface area contributed by atoms with Gasteiger partial charge in [-0.2, -0.15) is 0 Å². The average molecular weight is 766 g/mol. The Morgan fingerprint density at radius 3 is 1.12 bits per heavy atom. The summed E-state index contributed by atoms with van der Waals surface area (Å²) >= 11 is 13.0. The third kappa shape index (κ3) is 8.23. The summed E-state index contributed by atoms with van der Waals surface area (Å²) in [6.45, 7) is 0. The Hall–Kier alpha value is -2.96. The van der Waals surface area contributed by atoms with Gasteiger partial charge in [-0.25, -0.2) is 16.8 Å². The molecule has 0 aliphatic heterocycles. The third-order valence-corrected chi connectivity index (χ3v) is 9.71. The van der Waals surface area contributed by atoms with Crippen LogP contribution in [-0.2, 0) is 20.2 Å².